The Morgan fingerprint density at radius 1 is 0.900 bits per heavy atom. The van der Waals surface area contributed by atoms with E-state index in [1.54, 1.807) is 0 Å². The predicted octanol–water partition coefficient (Wildman–Crippen LogP) is 3.86. The zero-order chi connectivity index (χ0) is 14.9. The van der Waals surface area contributed by atoms with Gasteiger partial charge in [-0.2, -0.15) is 0 Å². The van der Waals surface area contributed by atoms with Crippen molar-refractivity contribution in [3.63, 3.8) is 0 Å². The molecule has 2 rings (SSSR count). The van der Waals surface area contributed by atoms with Gasteiger partial charge in [0.25, 0.3) is 0 Å². The van der Waals surface area contributed by atoms with Crippen LogP contribution in [0.25, 0.3) is 0 Å². The zero-order valence-corrected chi connectivity index (χ0v) is 11.0. The van der Waals surface area contributed by atoms with Crippen LogP contribution < -0.4 is 5.32 Å². The molecule has 0 fully saturated rings. The summed E-state index contributed by atoms with van der Waals surface area (Å²) >= 11 is 0. The first-order valence-corrected chi connectivity index (χ1v) is 6.02. The summed E-state index contributed by atoms with van der Waals surface area (Å²) in [6.45, 7) is 1.42. The van der Waals surface area contributed by atoms with E-state index in [2.05, 4.69) is 5.32 Å². The van der Waals surface area contributed by atoms with Crippen molar-refractivity contribution in [3.05, 3.63) is 70.3 Å². The van der Waals surface area contributed by atoms with Gasteiger partial charge in [0, 0.05) is 11.1 Å². The minimum atomic E-state index is -1.11. The van der Waals surface area contributed by atoms with E-state index in [1.807, 2.05) is 0 Å². The van der Waals surface area contributed by atoms with Gasteiger partial charge in [-0.1, -0.05) is 6.07 Å². The van der Waals surface area contributed by atoms with Crippen molar-refractivity contribution in [1.29, 1.82) is 0 Å². The molecule has 2 aromatic carbocycles. The number of hydrogen-bond donors (Lipinski definition) is 1. The fourth-order valence-electron chi connectivity index (χ4n) is 2.12. The highest BCUT2D eigenvalue weighted by atomic mass is 19.1. The molecule has 1 N–H and O–H groups in total. The Labute approximate surface area is 114 Å². The van der Waals surface area contributed by atoms with E-state index in [0.29, 0.717) is 0 Å². The van der Waals surface area contributed by atoms with Crippen molar-refractivity contribution in [3.8, 4) is 0 Å². The molecule has 0 bridgehead atoms. The quantitative estimate of drug-likeness (QED) is 0.843. The van der Waals surface area contributed by atoms with Gasteiger partial charge in [-0.3, -0.25) is 0 Å². The maximum absolute atomic E-state index is 14.0. The lowest BCUT2D eigenvalue weighted by molar-refractivity contribution is 0.502. The highest BCUT2D eigenvalue weighted by Gasteiger charge is 2.24. The monoisotopic (exact) mass is 283 g/mol. The summed E-state index contributed by atoms with van der Waals surface area (Å²) in [5.74, 6) is -2.97. The van der Waals surface area contributed by atoms with Crippen molar-refractivity contribution < 1.29 is 17.6 Å². The third-order valence-corrected chi connectivity index (χ3v) is 3.17. The van der Waals surface area contributed by atoms with Gasteiger partial charge in [-0.05, 0) is 43.8 Å². The van der Waals surface area contributed by atoms with Gasteiger partial charge in [0.2, 0.25) is 0 Å². The first kappa shape index (κ1) is 14.5. The molecule has 0 saturated heterocycles. The summed E-state index contributed by atoms with van der Waals surface area (Å²) in [5, 5.41) is 2.62. The van der Waals surface area contributed by atoms with Gasteiger partial charge < -0.3 is 5.32 Å². The Balaban J connectivity index is 2.62. The Bertz CT molecular complexity index is 620. The molecule has 0 aliphatic rings. The minimum absolute atomic E-state index is 0.134. The molecule has 0 aliphatic heterocycles. The van der Waals surface area contributed by atoms with Crippen LogP contribution in [0.5, 0.6) is 0 Å². The van der Waals surface area contributed by atoms with Crippen LogP contribution in [0.1, 0.15) is 22.7 Å². The molecule has 0 aromatic heterocycles. The first-order chi connectivity index (χ1) is 9.45. The molecular formula is C15H13F4N. The van der Waals surface area contributed by atoms with Gasteiger partial charge in [0.1, 0.15) is 23.3 Å². The molecule has 0 amide bonds. The van der Waals surface area contributed by atoms with Crippen LogP contribution in [-0.2, 0) is 0 Å². The molecule has 5 heteroatoms. The molecule has 106 valence electrons. The largest absolute Gasteiger partial charge is 0.309 e. The van der Waals surface area contributed by atoms with Crippen molar-refractivity contribution in [2.45, 2.75) is 13.0 Å². The average molecular weight is 283 g/mol. The van der Waals surface area contributed by atoms with Crippen molar-refractivity contribution >= 4 is 0 Å². The third-order valence-electron chi connectivity index (χ3n) is 3.17. The second-order valence-corrected chi connectivity index (χ2v) is 4.48. The molecule has 0 aliphatic carbocycles. The summed E-state index contributed by atoms with van der Waals surface area (Å²) < 4.78 is 55.1. The lowest BCUT2D eigenvalue weighted by Gasteiger charge is -2.19. The number of nitrogens with one attached hydrogen (secondary N) is 1. The fourth-order valence-corrected chi connectivity index (χ4v) is 2.12. The summed E-state index contributed by atoms with van der Waals surface area (Å²) in [7, 11) is 1.42. The lowest BCUT2D eigenvalue weighted by atomic mass is 9.96. The predicted molar refractivity (Wildman–Crippen MR) is 68.4 cm³/mol. The second-order valence-electron chi connectivity index (χ2n) is 4.48. The Hall–Kier alpha value is -1.88. The number of benzene rings is 2. The van der Waals surface area contributed by atoms with E-state index in [0.717, 1.165) is 24.3 Å². The first-order valence-electron chi connectivity index (χ1n) is 6.02. The SMILES string of the molecule is CNC(c1cc(F)c(C)cc1F)c1c(F)cccc1F. The van der Waals surface area contributed by atoms with Crippen molar-refractivity contribution in [2.75, 3.05) is 7.05 Å². The summed E-state index contributed by atoms with van der Waals surface area (Å²) in [4.78, 5) is 0. The van der Waals surface area contributed by atoms with E-state index >= 15 is 0 Å². The average Bonchev–Trinajstić information content (AvgIpc) is 2.39. The van der Waals surface area contributed by atoms with Gasteiger partial charge in [0.05, 0.1) is 6.04 Å². The van der Waals surface area contributed by atoms with E-state index in [9.17, 15) is 17.6 Å². The molecule has 20 heavy (non-hydrogen) atoms. The van der Waals surface area contributed by atoms with Crippen LogP contribution in [0.2, 0.25) is 0 Å². The highest BCUT2D eigenvalue weighted by molar-refractivity contribution is 5.36. The van der Waals surface area contributed by atoms with Crippen LogP contribution in [0.4, 0.5) is 17.6 Å². The van der Waals surface area contributed by atoms with Crippen LogP contribution in [0.3, 0.4) is 0 Å². The normalized spacial score (nSPS) is 12.5. The lowest BCUT2D eigenvalue weighted by Crippen LogP contribution is -2.22. The van der Waals surface area contributed by atoms with Gasteiger partial charge in [-0.25, -0.2) is 17.6 Å². The number of hydrogen-bond acceptors (Lipinski definition) is 1. The van der Waals surface area contributed by atoms with Gasteiger partial charge in [-0.15, -0.1) is 0 Å². The summed E-state index contributed by atoms with van der Waals surface area (Å²) in [5.41, 5.74) is -0.341. The Morgan fingerprint density at radius 3 is 2.05 bits per heavy atom. The topological polar surface area (TPSA) is 12.0 Å². The van der Waals surface area contributed by atoms with E-state index in [4.69, 9.17) is 0 Å². The maximum Gasteiger partial charge on any atom is 0.131 e. The molecule has 1 nitrogen and oxygen atoms in total. The van der Waals surface area contributed by atoms with E-state index in [-0.39, 0.29) is 16.7 Å². The molecular weight excluding hydrogens is 270 g/mol. The molecule has 0 radical (unpaired) electrons. The third kappa shape index (κ3) is 2.54. The second kappa shape index (κ2) is 5.63. The highest BCUT2D eigenvalue weighted by Crippen LogP contribution is 2.29. The maximum atomic E-state index is 14.0. The minimum Gasteiger partial charge on any atom is -0.309 e. The number of rotatable bonds is 3. The molecule has 0 spiro atoms. The Kier molecular flexibility index (Phi) is 4.09. The molecule has 2 aromatic rings. The standard InChI is InChI=1S/C15H13F4N/c1-8-6-13(19)9(7-12(8)18)15(20-2)14-10(16)4-3-5-11(14)17/h3-7,15,20H,1-2H3. The van der Waals surface area contributed by atoms with E-state index in [1.165, 1.54) is 20.0 Å². The molecule has 0 heterocycles. The van der Waals surface area contributed by atoms with Gasteiger partial charge in [0.15, 0.2) is 0 Å². The fraction of sp³-hybridized carbons (Fsp3) is 0.200. The molecule has 1 atom stereocenters. The van der Waals surface area contributed by atoms with E-state index < -0.39 is 29.3 Å². The summed E-state index contributed by atoms with van der Waals surface area (Å²) in [6, 6.07) is 4.22. The van der Waals surface area contributed by atoms with Crippen LogP contribution in [0, 0.1) is 30.2 Å². The number of halogens is 4. The van der Waals surface area contributed by atoms with Crippen LogP contribution >= 0.6 is 0 Å². The van der Waals surface area contributed by atoms with Crippen molar-refractivity contribution in [1.82, 2.24) is 5.32 Å². The Morgan fingerprint density at radius 2 is 1.50 bits per heavy atom. The van der Waals surface area contributed by atoms with Crippen LogP contribution in [-0.4, -0.2) is 7.05 Å². The summed E-state index contributed by atoms with van der Waals surface area (Å²) in [6.07, 6.45) is 0. The molecule has 0 saturated carbocycles. The number of aryl methyl sites for hydroxylation is 1. The van der Waals surface area contributed by atoms with Gasteiger partial charge >= 0.3 is 0 Å². The molecule has 1 unspecified atom stereocenters. The van der Waals surface area contributed by atoms with Crippen LogP contribution in [0.15, 0.2) is 30.3 Å². The smallest absolute Gasteiger partial charge is 0.131 e. The van der Waals surface area contributed by atoms with Crippen molar-refractivity contribution in [2.24, 2.45) is 0 Å². The zero-order valence-electron chi connectivity index (χ0n) is 11.0.